The molecule has 0 aliphatic carbocycles. The SMILES string of the molecule is Cc1ccc(-n2c(SC3CCOC3=O)nnc2N2CCCCC2)cc1. The van der Waals surface area contributed by atoms with Crippen LogP contribution < -0.4 is 4.90 Å². The molecule has 0 bridgehead atoms. The summed E-state index contributed by atoms with van der Waals surface area (Å²) in [6.07, 6.45) is 4.35. The van der Waals surface area contributed by atoms with E-state index in [1.807, 2.05) is 0 Å². The average Bonchev–Trinajstić information content (AvgIpc) is 3.24. The number of carbonyl (C=O) groups excluding carboxylic acids is 1. The van der Waals surface area contributed by atoms with Crippen molar-refractivity contribution in [3.8, 4) is 5.69 Å². The molecule has 2 fully saturated rings. The lowest BCUT2D eigenvalue weighted by Gasteiger charge is -2.28. The van der Waals surface area contributed by atoms with Gasteiger partial charge in [-0.3, -0.25) is 9.36 Å². The van der Waals surface area contributed by atoms with Gasteiger partial charge in [0.2, 0.25) is 5.95 Å². The number of rotatable bonds is 4. The Balaban J connectivity index is 1.71. The number of hydrogen-bond acceptors (Lipinski definition) is 6. The fraction of sp³-hybridized carbons (Fsp3) is 0.500. The van der Waals surface area contributed by atoms with Crippen molar-refractivity contribution in [3.63, 3.8) is 0 Å². The molecular formula is C18H22N4O2S. The summed E-state index contributed by atoms with van der Waals surface area (Å²) in [7, 11) is 0. The van der Waals surface area contributed by atoms with E-state index in [0.717, 1.165) is 36.3 Å². The Kier molecular flexibility index (Phi) is 4.65. The van der Waals surface area contributed by atoms with Crippen LogP contribution in [0.15, 0.2) is 29.4 Å². The number of aromatic nitrogens is 3. The normalized spacial score (nSPS) is 20.8. The molecule has 132 valence electrons. The van der Waals surface area contributed by atoms with Gasteiger partial charge in [-0.1, -0.05) is 29.5 Å². The van der Waals surface area contributed by atoms with Gasteiger partial charge in [-0.25, -0.2) is 0 Å². The number of hydrogen-bond donors (Lipinski definition) is 0. The van der Waals surface area contributed by atoms with Gasteiger partial charge in [-0.2, -0.15) is 0 Å². The fourth-order valence-corrected chi connectivity index (χ4v) is 4.28. The maximum absolute atomic E-state index is 11.9. The average molecular weight is 358 g/mol. The van der Waals surface area contributed by atoms with Crippen LogP contribution in [-0.4, -0.2) is 45.7 Å². The van der Waals surface area contributed by atoms with Gasteiger partial charge in [0, 0.05) is 19.5 Å². The summed E-state index contributed by atoms with van der Waals surface area (Å²) in [6.45, 7) is 4.57. The van der Waals surface area contributed by atoms with Gasteiger partial charge in [-0.05, 0) is 38.3 Å². The van der Waals surface area contributed by atoms with E-state index in [0.29, 0.717) is 6.61 Å². The molecule has 2 aliphatic heterocycles. The topological polar surface area (TPSA) is 60.3 Å². The minimum Gasteiger partial charge on any atom is -0.465 e. The first-order valence-electron chi connectivity index (χ1n) is 8.83. The molecule has 25 heavy (non-hydrogen) atoms. The molecule has 1 unspecified atom stereocenters. The van der Waals surface area contributed by atoms with Crippen molar-refractivity contribution in [1.29, 1.82) is 0 Å². The molecule has 7 heteroatoms. The zero-order valence-electron chi connectivity index (χ0n) is 14.4. The Bertz CT molecular complexity index is 753. The van der Waals surface area contributed by atoms with Crippen LogP contribution >= 0.6 is 11.8 Å². The van der Waals surface area contributed by atoms with Gasteiger partial charge in [0.1, 0.15) is 5.25 Å². The summed E-state index contributed by atoms with van der Waals surface area (Å²) < 4.78 is 7.18. The molecular weight excluding hydrogens is 336 g/mol. The minimum absolute atomic E-state index is 0.150. The van der Waals surface area contributed by atoms with E-state index < -0.39 is 0 Å². The summed E-state index contributed by atoms with van der Waals surface area (Å²) in [5.41, 5.74) is 2.25. The van der Waals surface area contributed by atoms with E-state index in [4.69, 9.17) is 4.74 Å². The fourth-order valence-electron chi connectivity index (χ4n) is 3.27. The van der Waals surface area contributed by atoms with Crippen molar-refractivity contribution in [2.45, 2.75) is 43.0 Å². The first-order chi connectivity index (χ1) is 12.2. The van der Waals surface area contributed by atoms with Gasteiger partial charge in [0.25, 0.3) is 0 Å². The molecule has 0 spiro atoms. The van der Waals surface area contributed by atoms with E-state index in [1.165, 1.54) is 36.6 Å². The van der Waals surface area contributed by atoms with Crippen LogP contribution in [0.25, 0.3) is 5.69 Å². The van der Waals surface area contributed by atoms with E-state index in [1.54, 1.807) is 0 Å². The molecule has 0 saturated carbocycles. The first-order valence-corrected chi connectivity index (χ1v) is 9.71. The Labute approximate surface area is 151 Å². The third-order valence-electron chi connectivity index (χ3n) is 4.68. The summed E-state index contributed by atoms with van der Waals surface area (Å²) in [4.78, 5) is 14.2. The van der Waals surface area contributed by atoms with Gasteiger partial charge in [0.05, 0.1) is 12.3 Å². The molecule has 1 atom stereocenters. The second-order valence-electron chi connectivity index (χ2n) is 6.56. The van der Waals surface area contributed by atoms with Crippen LogP contribution in [0, 0.1) is 6.92 Å². The third kappa shape index (κ3) is 3.38. The number of carbonyl (C=O) groups is 1. The number of cyclic esters (lactones) is 1. The predicted octanol–water partition coefficient (Wildman–Crippen LogP) is 2.97. The minimum atomic E-state index is -0.192. The molecule has 4 rings (SSSR count). The largest absolute Gasteiger partial charge is 0.465 e. The third-order valence-corrected chi connectivity index (χ3v) is 5.87. The lowest BCUT2D eigenvalue weighted by molar-refractivity contribution is -0.137. The van der Waals surface area contributed by atoms with Crippen molar-refractivity contribution in [2.24, 2.45) is 0 Å². The highest BCUT2D eigenvalue weighted by Crippen LogP contribution is 2.33. The van der Waals surface area contributed by atoms with Crippen molar-refractivity contribution in [2.75, 3.05) is 24.6 Å². The van der Waals surface area contributed by atoms with E-state index >= 15 is 0 Å². The molecule has 0 N–H and O–H groups in total. The maximum atomic E-state index is 11.9. The zero-order chi connectivity index (χ0) is 17.2. The molecule has 2 aromatic rings. The van der Waals surface area contributed by atoms with Crippen LogP contribution in [0.4, 0.5) is 5.95 Å². The van der Waals surface area contributed by atoms with E-state index in [-0.39, 0.29) is 11.2 Å². The van der Waals surface area contributed by atoms with Gasteiger partial charge in [0.15, 0.2) is 5.16 Å². The number of anilines is 1. The Morgan fingerprint density at radius 1 is 1.12 bits per heavy atom. The highest BCUT2D eigenvalue weighted by molar-refractivity contribution is 8.00. The van der Waals surface area contributed by atoms with Gasteiger partial charge < -0.3 is 9.64 Å². The van der Waals surface area contributed by atoms with Crippen molar-refractivity contribution in [1.82, 2.24) is 14.8 Å². The Morgan fingerprint density at radius 2 is 1.88 bits per heavy atom. The molecule has 1 aromatic heterocycles. The number of esters is 1. The quantitative estimate of drug-likeness (QED) is 0.783. The molecule has 2 aliphatic rings. The van der Waals surface area contributed by atoms with Crippen molar-refractivity contribution in [3.05, 3.63) is 29.8 Å². The van der Waals surface area contributed by atoms with Gasteiger partial charge >= 0.3 is 5.97 Å². The number of benzene rings is 1. The van der Waals surface area contributed by atoms with Crippen LogP contribution in [-0.2, 0) is 9.53 Å². The number of ether oxygens (including phenoxy) is 1. The molecule has 6 nitrogen and oxygen atoms in total. The molecule has 0 radical (unpaired) electrons. The molecule has 2 saturated heterocycles. The Hall–Kier alpha value is -2.02. The number of piperidine rings is 1. The summed E-state index contributed by atoms with van der Waals surface area (Å²) >= 11 is 1.46. The standard InChI is InChI=1S/C18H22N4O2S/c1-13-5-7-14(8-6-13)22-17(21-10-3-2-4-11-21)19-20-18(22)25-15-9-12-24-16(15)23/h5-8,15H,2-4,9-12H2,1H3. The Morgan fingerprint density at radius 3 is 2.56 bits per heavy atom. The monoisotopic (exact) mass is 358 g/mol. The van der Waals surface area contributed by atoms with Crippen molar-refractivity contribution >= 4 is 23.7 Å². The van der Waals surface area contributed by atoms with Gasteiger partial charge in [-0.15, -0.1) is 10.2 Å². The lowest BCUT2D eigenvalue weighted by Crippen LogP contribution is -2.31. The first kappa shape index (κ1) is 16.4. The second-order valence-corrected chi connectivity index (χ2v) is 7.73. The highest BCUT2D eigenvalue weighted by Gasteiger charge is 2.31. The lowest BCUT2D eigenvalue weighted by atomic mass is 10.1. The summed E-state index contributed by atoms with van der Waals surface area (Å²) in [6, 6.07) is 8.35. The zero-order valence-corrected chi connectivity index (χ0v) is 15.2. The van der Waals surface area contributed by atoms with Crippen LogP contribution in [0.5, 0.6) is 0 Å². The second kappa shape index (κ2) is 7.07. The van der Waals surface area contributed by atoms with Crippen LogP contribution in [0.2, 0.25) is 0 Å². The van der Waals surface area contributed by atoms with Crippen LogP contribution in [0.3, 0.4) is 0 Å². The predicted molar refractivity (Wildman–Crippen MR) is 97.4 cm³/mol. The summed E-state index contributed by atoms with van der Waals surface area (Å²) in [5, 5.41) is 9.45. The summed E-state index contributed by atoms with van der Waals surface area (Å²) in [5.74, 6) is 0.723. The number of aryl methyl sites for hydroxylation is 1. The molecule has 1 aromatic carbocycles. The molecule has 0 amide bonds. The number of nitrogens with zero attached hydrogens (tertiary/aromatic N) is 4. The highest BCUT2D eigenvalue weighted by atomic mass is 32.2. The smallest absolute Gasteiger partial charge is 0.319 e. The van der Waals surface area contributed by atoms with Crippen LogP contribution in [0.1, 0.15) is 31.2 Å². The molecule has 3 heterocycles. The van der Waals surface area contributed by atoms with Crippen molar-refractivity contribution < 1.29 is 9.53 Å². The maximum Gasteiger partial charge on any atom is 0.319 e. The van der Waals surface area contributed by atoms with E-state index in [2.05, 4.69) is 50.9 Å². The van der Waals surface area contributed by atoms with E-state index in [9.17, 15) is 4.79 Å². The number of thioether (sulfide) groups is 1.